The Morgan fingerprint density at radius 1 is 0.941 bits per heavy atom. The van der Waals surface area contributed by atoms with E-state index in [9.17, 15) is 13.5 Å². The lowest BCUT2D eigenvalue weighted by atomic mass is 10.3. The second-order valence-electron chi connectivity index (χ2n) is 8.23. The highest BCUT2D eigenvalue weighted by Gasteiger charge is 2.30. The van der Waals surface area contributed by atoms with Crippen LogP contribution in [0.2, 0.25) is 0 Å². The molecule has 0 amide bonds. The Morgan fingerprint density at radius 2 is 1.59 bits per heavy atom. The number of ether oxygens (including phenoxy) is 4. The van der Waals surface area contributed by atoms with Gasteiger partial charge in [-0.05, 0) is 43.3 Å². The maximum absolute atomic E-state index is 13.1. The minimum atomic E-state index is -3.64. The maximum Gasteiger partial charge on any atom is 0.243 e. The molecule has 2 aliphatic rings. The van der Waals surface area contributed by atoms with E-state index < -0.39 is 16.1 Å². The zero-order valence-electron chi connectivity index (χ0n) is 19.4. The molecule has 34 heavy (non-hydrogen) atoms. The molecule has 4 rings (SSSR count). The van der Waals surface area contributed by atoms with Gasteiger partial charge in [0.25, 0.3) is 0 Å². The van der Waals surface area contributed by atoms with Crippen LogP contribution >= 0.6 is 0 Å². The second-order valence-corrected chi connectivity index (χ2v) is 10.2. The minimum absolute atomic E-state index is 0.156. The van der Waals surface area contributed by atoms with Crippen molar-refractivity contribution in [3.8, 4) is 23.0 Å². The van der Waals surface area contributed by atoms with Crippen molar-refractivity contribution in [2.24, 2.45) is 0 Å². The van der Waals surface area contributed by atoms with Crippen LogP contribution in [-0.4, -0.2) is 88.0 Å². The highest BCUT2D eigenvalue weighted by molar-refractivity contribution is 7.89. The van der Waals surface area contributed by atoms with Crippen molar-refractivity contribution in [1.29, 1.82) is 0 Å². The van der Waals surface area contributed by atoms with Gasteiger partial charge in [-0.15, -0.1) is 0 Å². The molecule has 0 unspecified atom stereocenters. The van der Waals surface area contributed by atoms with Gasteiger partial charge in [-0.2, -0.15) is 4.31 Å². The van der Waals surface area contributed by atoms with E-state index in [0.29, 0.717) is 69.8 Å². The molecule has 1 fully saturated rings. The molecule has 2 aliphatic heterocycles. The van der Waals surface area contributed by atoms with E-state index in [1.54, 1.807) is 30.3 Å². The van der Waals surface area contributed by atoms with E-state index in [4.69, 9.17) is 18.9 Å². The number of hydrogen-bond acceptors (Lipinski definition) is 8. The summed E-state index contributed by atoms with van der Waals surface area (Å²) in [6.07, 6.45) is 0.0759. The molecule has 1 saturated heterocycles. The van der Waals surface area contributed by atoms with E-state index in [-0.39, 0.29) is 11.5 Å². The lowest BCUT2D eigenvalue weighted by Gasteiger charge is -2.34. The second kappa shape index (κ2) is 11.3. The third kappa shape index (κ3) is 6.12. The summed E-state index contributed by atoms with van der Waals surface area (Å²) in [6.45, 7) is 5.91. The quantitative estimate of drug-likeness (QED) is 0.568. The normalized spacial score (nSPS) is 18.2. The highest BCUT2D eigenvalue weighted by Crippen LogP contribution is 2.33. The number of rotatable bonds is 9. The first kappa shape index (κ1) is 24.6. The van der Waals surface area contributed by atoms with E-state index >= 15 is 0 Å². The molecular weight excluding hydrogens is 460 g/mol. The molecule has 0 spiro atoms. The van der Waals surface area contributed by atoms with E-state index in [2.05, 4.69) is 0 Å². The number of piperazine rings is 1. The van der Waals surface area contributed by atoms with Crippen molar-refractivity contribution >= 4 is 10.0 Å². The van der Waals surface area contributed by atoms with Crippen LogP contribution < -0.4 is 18.9 Å². The molecule has 9 nitrogen and oxygen atoms in total. The summed E-state index contributed by atoms with van der Waals surface area (Å²) in [5.74, 6) is 2.47. The van der Waals surface area contributed by atoms with Crippen LogP contribution in [0.4, 0.5) is 0 Å². The van der Waals surface area contributed by atoms with Gasteiger partial charge < -0.3 is 24.1 Å². The van der Waals surface area contributed by atoms with Gasteiger partial charge in [0.2, 0.25) is 10.0 Å². The zero-order chi connectivity index (χ0) is 24.0. The van der Waals surface area contributed by atoms with Crippen molar-refractivity contribution in [1.82, 2.24) is 9.21 Å². The number of nitrogens with zero attached hydrogens (tertiary/aromatic N) is 2. The Labute approximate surface area is 200 Å². The molecule has 0 aliphatic carbocycles. The molecule has 0 aromatic heterocycles. The first-order valence-corrected chi connectivity index (χ1v) is 13.1. The van der Waals surface area contributed by atoms with Crippen LogP contribution in [-0.2, 0) is 10.0 Å². The number of sulfonamides is 1. The van der Waals surface area contributed by atoms with Crippen molar-refractivity contribution in [2.45, 2.75) is 24.3 Å². The van der Waals surface area contributed by atoms with Crippen LogP contribution in [0.15, 0.2) is 47.4 Å². The van der Waals surface area contributed by atoms with Gasteiger partial charge in [0.15, 0.2) is 11.5 Å². The molecule has 0 bridgehead atoms. The number of aliphatic hydroxyl groups is 1. The Kier molecular flexibility index (Phi) is 8.15. The zero-order valence-corrected chi connectivity index (χ0v) is 20.2. The average molecular weight is 493 g/mol. The van der Waals surface area contributed by atoms with Crippen LogP contribution in [0, 0.1) is 0 Å². The molecule has 2 aromatic rings. The molecule has 2 aromatic carbocycles. The van der Waals surface area contributed by atoms with Gasteiger partial charge in [-0.3, -0.25) is 4.90 Å². The van der Waals surface area contributed by atoms with Crippen LogP contribution in [0.3, 0.4) is 0 Å². The van der Waals surface area contributed by atoms with E-state index in [1.165, 1.54) is 4.31 Å². The summed E-state index contributed by atoms with van der Waals surface area (Å²) in [5.41, 5.74) is 0. The van der Waals surface area contributed by atoms with Crippen LogP contribution in [0.5, 0.6) is 23.0 Å². The lowest BCUT2D eigenvalue weighted by molar-refractivity contribution is 0.0569. The van der Waals surface area contributed by atoms with Crippen LogP contribution in [0.25, 0.3) is 0 Å². The summed E-state index contributed by atoms with van der Waals surface area (Å²) >= 11 is 0. The van der Waals surface area contributed by atoms with Crippen molar-refractivity contribution in [2.75, 3.05) is 59.2 Å². The average Bonchev–Trinajstić information content (AvgIpc) is 3.09. The predicted molar refractivity (Wildman–Crippen MR) is 126 cm³/mol. The molecule has 1 N–H and O–H groups in total. The Balaban J connectivity index is 1.26. The Bertz CT molecular complexity index is 1040. The first-order valence-electron chi connectivity index (χ1n) is 11.6. The van der Waals surface area contributed by atoms with Gasteiger partial charge in [-0.25, -0.2) is 8.42 Å². The summed E-state index contributed by atoms with van der Waals surface area (Å²) < 4.78 is 50.1. The smallest absolute Gasteiger partial charge is 0.243 e. The van der Waals surface area contributed by atoms with Gasteiger partial charge in [0.1, 0.15) is 24.2 Å². The molecule has 2 heterocycles. The largest absolute Gasteiger partial charge is 0.494 e. The van der Waals surface area contributed by atoms with E-state index in [1.807, 2.05) is 24.0 Å². The minimum Gasteiger partial charge on any atom is -0.494 e. The molecule has 10 heteroatoms. The number of fused-ring (bicyclic) bond motifs is 1. The van der Waals surface area contributed by atoms with Gasteiger partial charge in [0, 0.05) is 45.2 Å². The third-order valence-electron chi connectivity index (χ3n) is 5.73. The standard InChI is InChI=1S/C24H32N2O7S/c1-2-30-20-4-6-21(7-5-20)33-18-19(27)17-25-10-12-26(13-11-25)34(28,29)22-8-9-23-24(16-22)32-15-3-14-31-23/h4-9,16,19,27H,2-3,10-15,17-18H2,1H3/t19-/m0/s1. The third-order valence-corrected chi connectivity index (χ3v) is 7.63. The topological polar surface area (TPSA) is 97.8 Å². The van der Waals surface area contributed by atoms with Crippen molar-refractivity contribution in [3.05, 3.63) is 42.5 Å². The lowest BCUT2D eigenvalue weighted by Crippen LogP contribution is -2.50. The fourth-order valence-electron chi connectivity index (χ4n) is 3.95. The SMILES string of the molecule is CCOc1ccc(OC[C@@H](O)CN2CCN(S(=O)(=O)c3ccc4c(c3)OCCCO4)CC2)cc1. The Morgan fingerprint density at radius 3 is 2.26 bits per heavy atom. The predicted octanol–water partition coefficient (Wildman–Crippen LogP) is 1.99. The van der Waals surface area contributed by atoms with Gasteiger partial charge in [-0.1, -0.05) is 0 Å². The fourth-order valence-corrected chi connectivity index (χ4v) is 5.39. The van der Waals surface area contributed by atoms with Gasteiger partial charge >= 0.3 is 0 Å². The Hall–Kier alpha value is -2.53. The summed E-state index contributed by atoms with van der Waals surface area (Å²) in [6, 6.07) is 12.0. The molecular formula is C24H32N2O7S. The highest BCUT2D eigenvalue weighted by atomic mass is 32.2. The monoisotopic (exact) mass is 492 g/mol. The molecule has 186 valence electrons. The van der Waals surface area contributed by atoms with E-state index in [0.717, 1.165) is 12.2 Å². The van der Waals surface area contributed by atoms with Crippen LogP contribution in [0.1, 0.15) is 13.3 Å². The molecule has 0 radical (unpaired) electrons. The van der Waals surface area contributed by atoms with Crippen molar-refractivity contribution < 1.29 is 32.5 Å². The molecule has 0 saturated carbocycles. The summed E-state index contributed by atoms with van der Waals surface area (Å²) in [4.78, 5) is 2.25. The number of benzene rings is 2. The van der Waals surface area contributed by atoms with Gasteiger partial charge in [0.05, 0.1) is 24.7 Å². The fraction of sp³-hybridized carbons (Fsp3) is 0.500. The first-order chi connectivity index (χ1) is 16.5. The summed E-state index contributed by atoms with van der Waals surface area (Å²) in [7, 11) is -3.64. The number of β-amino-alcohol motifs (C(OH)–C–C–N with tert-alkyl or cyclic N) is 1. The number of aliphatic hydroxyl groups excluding tert-OH is 1. The van der Waals surface area contributed by atoms with Crippen molar-refractivity contribution in [3.63, 3.8) is 0 Å². The number of hydrogen-bond donors (Lipinski definition) is 1. The maximum atomic E-state index is 13.1. The molecule has 1 atom stereocenters. The summed E-state index contributed by atoms with van der Waals surface area (Å²) in [5, 5.41) is 10.4.